The van der Waals surface area contributed by atoms with Crippen LogP contribution in [0.25, 0.3) is 6.08 Å². The van der Waals surface area contributed by atoms with Crippen molar-refractivity contribution in [3.8, 4) is 5.75 Å². The number of nitrogens with one attached hydrogen (secondary N) is 1. The highest BCUT2D eigenvalue weighted by Gasteiger charge is 2.14. The Kier molecular flexibility index (Phi) is 7.23. The molecule has 2 atom stereocenters. The Bertz CT molecular complexity index is 695. The lowest BCUT2D eigenvalue weighted by Crippen LogP contribution is -2.28. The lowest BCUT2D eigenvalue weighted by Gasteiger charge is -2.19. The monoisotopic (exact) mass is 339 g/mol. The number of methoxy groups -OCH3 is 1. The van der Waals surface area contributed by atoms with Crippen molar-refractivity contribution in [2.24, 2.45) is 0 Å². The number of carbonyl (C=O) groups excluding carboxylic acids is 1. The first kappa shape index (κ1) is 18.7. The molecule has 0 aliphatic carbocycles. The van der Waals surface area contributed by atoms with E-state index < -0.39 is 6.10 Å². The minimum absolute atomic E-state index is 0.0739. The number of amides is 1. The van der Waals surface area contributed by atoms with Gasteiger partial charge in [-0.3, -0.25) is 4.79 Å². The Labute approximate surface area is 149 Å². The number of aliphatic hydroxyl groups excluding tert-OH is 1. The van der Waals surface area contributed by atoms with E-state index in [0.717, 1.165) is 16.9 Å². The molecule has 0 heterocycles. The maximum Gasteiger partial charge on any atom is 0.244 e. The summed E-state index contributed by atoms with van der Waals surface area (Å²) in [6.45, 7) is 2.24. The largest absolute Gasteiger partial charge is 0.496 e. The van der Waals surface area contributed by atoms with E-state index in [-0.39, 0.29) is 11.8 Å². The molecule has 1 amide bonds. The molecule has 0 aliphatic rings. The second kappa shape index (κ2) is 9.64. The summed E-state index contributed by atoms with van der Waals surface area (Å²) in [5.74, 6) is 0.630. The van der Waals surface area contributed by atoms with Gasteiger partial charge in [0.05, 0.1) is 13.2 Å². The van der Waals surface area contributed by atoms with E-state index in [4.69, 9.17) is 4.74 Å². The molecule has 0 fully saturated rings. The molecule has 2 aromatic rings. The molecule has 0 saturated carbocycles. The summed E-state index contributed by atoms with van der Waals surface area (Å²) in [6.07, 6.45) is 3.41. The van der Waals surface area contributed by atoms with E-state index in [9.17, 15) is 9.90 Å². The number of para-hydroxylation sites is 1. The van der Waals surface area contributed by atoms with Gasteiger partial charge in [-0.25, -0.2) is 0 Å². The molecule has 2 N–H and O–H groups in total. The number of rotatable bonds is 8. The second-order valence-corrected chi connectivity index (χ2v) is 6.01. The zero-order chi connectivity index (χ0) is 18.1. The van der Waals surface area contributed by atoms with E-state index in [1.807, 2.05) is 54.6 Å². The van der Waals surface area contributed by atoms with Crippen molar-refractivity contribution in [2.45, 2.75) is 25.4 Å². The van der Waals surface area contributed by atoms with E-state index in [1.165, 1.54) is 6.08 Å². The van der Waals surface area contributed by atoms with Gasteiger partial charge >= 0.3 is 0 Å². The average molecular weight is 339 g/mol. The zero-order valence-electron chi connectivity index (χ0n) is 14.7. The van der Waals surface area contributed by atoms with E-state index in [0.29, 0.717) is 13.0 Å². The van der Waals surface area contributed by atoms with Gasteiger partial charge in [-0.1, -0.05) is 48.5 Å². The van der Waals surface area contributed by atoms with Crippen LogP contribution in [0.4, 0.5) is 0 Å². The van der Waals surface area contributed by atoms with Gasteiger partial charge in [-0.05, 0) is 31.1 Å². The summed E-state index contributed by atoms with van der Waals surface area (Å²) in [7, 11) is 1.60. The fraction of sp³-hybridized carbons (Fsp3) is 0.286. The molecule has 4 nitrogen and oxygen atoms in total. The predicted octanol–water partition coefficient (Wildman–Crippen LogP) is 3.38. The normalized spacial score (nSPS) is 13.4. The Morgan fingerprint density at radius 1 is 1.16 bits per heavy atom. The highest BCUT2D eigenvalue weighted by Crippen LogP contribution is 2.21. The topological polar surface area (TPSA) is 58.6 Å². The van der Waals surface area contributed by atoms with Gasteiger partial charge in [0.15, 0.2) is 0 Å². The highest BCUT2D eigenvalue weighted by molar-refractivity contribution is 5.92. The van der Waals surface area contributed by atoms with Crippen LogP contribution in [0.5, 0.6) is 5.75 Å². The van der Waals surface area contributed by atoms with Crippen LogP contribution in [0.15, 0.2) is 60.7 Å². The molecule has 2 rings (SSSR count). The van der Waals surface area contributed by atoms with Crippen molar-refractivity contribution >= 4 is 12.0 Å². The van der Waals surface area contributed by atoms with E-state index in [2.05, 4.69) is 5.32 Å². The Hall–Kier alpha value is -2.59. The summed E-state index contributed by atoms with van der Waals surface area (Å²) < 4.78 is 5.27. The Morgan fingerprint density at radius 3 is 2.52 bits per heavy atom. The quantitative estimate of drug-likeness (QED) is 0.725. The van der Waals surface area contributed by atoms with Crippen molar-refractivity contribution < 1.29 is 14.6 Å². The summed E-state index contributed by atoms with van der Waals surface area (Å²) in [5.41, 5.74) is 1.96. The lowest BCUT2D eigenvalue weighted by molar-refractivity contribution is -0.116. The van der Waals surface area contributed by atoms with E-state index in [1.54, 1.807) is 20.1 Å². The van der Waals surface area contributed by atoms with E-state index >= 15 is 0 Å². The van der Waals surface area contributed by atoms with Crippen LogP contribution in [0.2, 0.25) is 0 Å². The minimum Gasteiger partial charge on any atom is -0.496 e. The fourth-order valence-corrected chi connectivity index (χ4v) is 2.73. The number of hydrogen-bond acceptors (Lipinski definition) is 3. The molecule has 132 valence electrons. The smallest absolute Gasteiger partial charge is 0.244 e. The summed E-state index contributed by atoms with van der Waals surface area (Å²) in [6, 6.07) is 17.5. The zero-order valence-corrected chi connectivity index (χ0v) is 14.7. The van der Waals surface area contributed by atoms with Crippen LogP contribution in [-0.4, -0.2) is 30.8 Å². The van der Waals surface area contributed by atoms with Gasteiger partial charge in [0.2, 0.25) is 5.91 Å². The van der Waals surface area contributed by atoms with Crippen LogP contribution < -0.4 is 10.1 Å². The second-order valence-electron chi connectivity index (χ2n) is 6.01. The van der Waals surface area contributed by atoms with Crippen LogP contribution in [0.3, 0.4) is 0 Å². The molecule has 0 spiro atoms. The SMILES string of the molecule is COc1ccccc1/C=C/C(=O)NCC(CC(C)O)c1ccccc1. The molecule has 0 aliphatic heterocycles. The minimum atomic E-state index is -0.425. The molecule has 2 unspecified atom stereocenters. The molecule has 0 aromatic heterocycles. The fourth-order valence-electron chi connectivity index (χ4n) is 2.73. The number of hydrogen-bond donors (Lipinski definition) is 2. The number of carbonyl (C=O) groups is 1. The van der Waals surface area contributed by atoms with Gasteiger partial charge in [-0.15, -0.1) is 0 Å². The Balaban J connectivity index is 1.97. The summed E-state index contributed by atoms with van der Waals surface area (Å²) >= 11 is 0. The number of ether oxygens (including phenoxy) is 1. The third-order valence-electron chi connectivity index (χ3n) is 3.97. The van der Waals surface area contributed by atoms with Crippen LogP contribution >= 0.6 is 0 Å². The predicted molar refractivity (Wildman–Crippen MR) is 101 cm³/mol. The first-order valence-electron chi connectivity index (χ1n) is 8.42. The standard InChI is InChI=1S/C21H25NO3/c1-16(23)14-19(17-8-4-3-5-9-17)15-22-21(24)13-12-18-10-6-7-11-20(18)25-2/h3-13,16,19,23H,14-15H2,1-2H3,(H,22,24)/b13-12+. The Morgan fingerprint density at radius 2 is 1.84 bits per heavy atom. The van der Waals surface area contributed by atoms with Crippen LogP contribution in [-0.2, 0) is 4.79 Å². The number of benzene rings is 2. The number of aliphatic hydroxyl groups is 1. The maximum atomic E-state index is 12.1. The molecule has 4 heteroatoms. The van der Waals surface area contributed by atoms with Crippen molar-refractivity contribution in [1.29, 1.82) is 0 Å². The van der Waals surface area contributed by atoms with Crippen molar-refractivity contribution in [3.05, 3.63) is 71.8 Å². The van der Waals surface area contributed by atoms with Gasteiger partial charge in [0.25, 0.3) is 0 Å². The summed E-state index contributed by atoms with van der Waals surface area (Å²) in [5, 5.41) is 12.6. The van der Waals surface area contributed by atoms with Crippen LogP contribution in [0, 0.1) is 0 Å². The van der Waals surface area contributed by atoms with Crippen molar-refractivity contribution in [3.63, 3.8) is 0 Å². The molecule has 2 aromatic carbocycles. The molecular formula is C21H25NO3. The van der Waals surface area contributed by atoms with Gasteiger partial charge in [0, 0.05) is 24.1 Å². The van der Waals surface area contributed by atoms with Crippen LogP contribution in [0.1, 0.15) is 30.4 Å². The molecular weight excluding hydrogens is 314 g/mol. The molecule has 0 radical (unpaired) electrons. The van der Waals surface area contributed by atoms with Crippen molar-refractivity contribution in [2.75, 3.05) is 13.7 Å². The lowest BCUT2D eigenvalue weighted by atomic mass is 9.93. The van der Waals surface area contributed by atoms with Gasteiger partial charge < -0.3 is 15.2 Å². The maximum absolute atomic E-state index is 12.1. The summed E-state index contributed by atoms with van der Waals surface area (Å²) in [4.78, 5) is 12.1. The first-order chi connectivity index (χ1) is 12.1. The third kappa shape index (κ3) is 6.08. The third-order valence-corrected chi connectivity index (χ3v) is 3.97. The average Bonchev–Trinajstić information content (AvgIpc) is 2.64. The molecule has 0 bridgehead atoms. The van der Waals surface area contributed by atoms with Gasteiger partial charge in [0.1, 0.15) is 5.75 Å². The van der Waals surface area contributed by atoms with Crippen molar-refractivity contribution in [1.82, 2.24) is 5.32 Å². The first-order valence-corrected chi connectivity index (χ1v) is 8.42. The van der Waals surface area contributed by atoms with Gasteiger partial charge in [-0.2, -0.15) is 0 Å². The molecule has 0 saturated heterocycles. The molecule has 25 heavy (non-hydrogen) atoms. The highest BCUT2D eigenvalue weighted by atomic mass is 16.5.